The van der Waals surface area contributed by atoms with E-state index in [0.29, 0.717) is 34.9 Å². The molecular weight excluding hydrogens is 408 g/mol. The summed E-state index contributed by atoms with van der Waals surface area (Å²) in [4.78, 5) is 12.2. The summed E-state index contributed by atoms with van der Waals surface area (Å²) in [5, 5.41) is 9.85. The first-order chi connectivity index (χ1) is 13.8. The molecule has 0 amide bonds. The fourth-order valence-electron chi connectivity index (χ4n) is 2.67. The highest BCUT2D eigenvalue weighted by Crippen LogP contribution is 2.24. The van der Waals surface area contributed by atoms with Crippen LogP contribution in [-0.2, 0) is 15.6 Å². The molecule has 6 heteroatoms. The van der Waals surface area contributed by atoms with Crippen molar-refractivity contribution in [2.24, 2.45) is 0 Å². The highest BCUT2D eigenvalue weighted by molar-refractivity contribution is 7.85. The third-order valence-electron chi connectivity index (χ3n) is 4.23. The number of benzene rings is 2. The lowest BCUT2D eigenvalue weighted by atomic mass is 10.1. The lowest BCUT2D eigenvalue weighted by molar-refractivity contribution is -0.145. The molecule has 154 valence electrons. The first kappa shape index (κ1) is 23.0. The first-order valence-electron chi connectivity index (χ1n) is 9.55. The minimum Gasteiger partial charge on any atom is -0.479 e. The molecule has 0 aliphatic heterocycles. The molecule has 0 saturated heterocycles. The molecule has 0 fully saturated rings. The Hall–Kier alpha value is -2.29. The Bertz CT molecular complexity index is 959. The van der Waals surface area contributed by atoms with Gasteiger partial charge in [0.15, 0.2) is 6.10 Å². The predicted molar refractivity (Wildman–Crippen MR) is 117 cm³/mol. The van der Waals surface area contributed by atoms with Crippen LogP contribution in [0.15, 0.2) is 41.3 Å². The molecule has 2 rings (SSSR count). The number of halogens is 1. The van der Waals surface area contributed by atoms with E-state index in [0.717, 1.165) is 22.4 Å². The number of aliphatic carboxylic acids is 1. The Morgan fingerprint density at radius 2 is 1.86 bits per heavy atom. The summed E-state index contributed by atoms with van der Waals surface area (Å²) < 4.78 is 18.0. The fourth-order valence-corrected chi connectivity index (χ4v) is 3.91. The molecule has 1 N–H and O–H groups in total. The van der Waals surface area contributed by atoms with Crippen LogP contribution >= 0.6 is 11.6 Å². The summed E-state index contributed by atoms with van der Waals surface area (Å²) in [5.74, 6) is 6.12. The van der Waals surface area contributed by atoms with Gasteiger partial charge in [-0.25, -0.2) is 4.79 Å². The molecular formula is C23H25ClO4S. The van der Waals surface area contributed by atoms with E-state index in [1.165, 1.54) is 0 Å². The number of carboxylic acids is 1. The molecule has 2 atom stereocenters. The molecule has 0 aromatic heterocycles. The van der Waals surface area contributed by atoms with Crippen molar-refractivity contribution in [3.8, 4) is 17.6 Å². The van der Waals surface area contributed by atoms with E-state index in [1.807, 2.05) is 39.0 Å². The van der Waals surface area contributed by atoms with Gasteiger partial charge in [-0.1, -0.05) is 49.8 Å². The molecule has 0 aliphatic rings. The second-order valence-corrected chi connectivity index (χ2v) is 8.66. The van der Waals surface area contributed by atoms with Crippen molar-refractivity contribution in [2.75, 3.05) is 5.75 Å². The van der Waals surface area contributed by atoms with Crippen molar-refractivity contribution < 1.29 is 18.8 Å². The van der Waals surface area contributed by atoms with Crippen molar-refractivity contribution in [1.29, 1.82) is 0 Å². The smallest absolute Gasteiger partial charge is 0.344 e. The molecule has 2 unspecified atom stereocenters. The van der Waals surface area contributed by atoms with Gasteiger partial charge in [-0.2, -0.15) is 0 Å². The predicted octanol–water partition coefficient (Wildman–Crippen LogP) is 5.20. The van der Waals surface area contributed by atoms with Gasteiger partial charge < -0.3 is 9.84 Å². The van der Waals surface area contributed by atoms with Gasteiger partial charge in [0.1, 0.15) is 5.75 Å². The molecule has 0 aliphatic carbocycles. The standard InChI is InChI=1S/C23H25ClO4S/c1-4-6-22(23(25)26)28-21-12-10-19(24)14-18(21)9-8-17-15-20(11-7-16(17)3)29(27)13-5-2/h7,10-12,14-15,22H,4-6,13H2,1-3H3,(H,25,26). The Labute approximate surface area is 179 Å². The maximum absolute atomic E-state index is 12.3. The van der Waals surface area contributed by atoms with E-state index in [1.54, 1.807) is 18.2 Å². The molecule has 0 radical (unpaired) electrons. The third kappa shape index (κ3) is 6.62. The monoisotopic (exact) mass is 432 g/mol. The normalized spacial score (nSPS) is 12.6. The molecule has 0 bridgehead atoms. The lowest BCUT2D eigenvalue weighted by Crippen LogP contribution is -2.27. The molecule has 2 aromatic rings. The van der Waals surface area contributed by atoms with Gasteiger partial charge >= 0.3 is 5.97 Å². The molecule has 0 heterocycles. The number of hydrogen-bond donors (Lipinski definition) is 1. The second-order valence-electron chi connectivity index (χ2n) is 6.65. The van der Waals surface area contributed by atoms with E-state index in [-0.39, 0.29) is 0 Å². The van der Waals surface area contributed by atoms with E-state index in [2.05, 4.69) is 11.8 Å². The zero-order chi connectivity index (χ0) is 21.4. The summed E-state index contributed by atoms with van der Waals surface area (Å²) in [6, 6.07) is 10.6. The number of carbonyl (C=O) groups is 1. The number of aryl methyl sites for hydroxylation is 1. The minimum absolute atomic E-state index is 0.381. The van der Waals surface area contributed by atoms with Crippen LogP contribution in [0.5, 0.6) is 5.75 Å². The average Bonchev–Trinajstić information content (AvgIpc) is 2.68. The molecule has 2 aromatic carbocycles. The lowest BCUT2D eigenvalue weighted by Gasteiger charge is -2.15. The van der Waals surface area contributed by atoms with Crippen molar-refractivity contribution >= 4 is 28.4 Å². The van der Waals surface area contributed by atoms with Crippen molar-refractivity contribution in [2.45, 2.75) is 51.0 Å². The van der Waals surface area contributed by atoms with E-state index in [4.69, 9.17) is 16.3 Å². The van der Waals surface area contributed by atoms with Crippen LogP contribution in [0, 0.1) is 18.8 Å². The van der Waals surface area contributed by atoms with Crippen LogP contribution in [0.25, 0.3) is 0 Å². The number of hydrogen-bond acceptors (Lipinski definition) is 3. The van der Waals surface area contributed by atoms with Crippen LogP contribution < -0.4 is 4.74 Å². The van der Waals surface area contributed by atoms with Gasteiger partial charge in [-0.15, -0.1) is 0 Å². The Kier molecular flexibility index (Phi) is 8.75. The quantitative estimate of drug-likeness (QED) is 0.582. The topological polar surface area (TPSA) is 63.6 Å². The van der Waals surface area contributed by atoms with Crippen LogP contribution in [-0.4, -0.2) is 27.1 Å². The number of ether oxygens (including phenoxy) is 1. The number of carboxylic acid groups (broad SMARTS) is 1. The Morgan fingerprint density at radius 3 is 2.52 bits per heavy atom. The van der Waals surface area contributed by atoms with Gasteiger partial charge in [0.2, 0.25) is 0 Å². The van der Waals surface area contributed by atoms with Gasteiger partial charge in [-0.3, -0.25) is 4.21 Å². The average molecular weight is 433 g/mol. The van der Waals surface area contributed by atoms with Crippen molar-refractivity contribution in [3.63, 3.8) is 0 Å². The second kappa shape index (κ2) is 11.0. The van der Waals surface area contributed by atoms with Crippen LogP contribution in [0.2, 0.25) is 5.02 Å². The Balaban J connectivity index is 2.39. The summed E-state index contributed by atoms with van der Waals surface area (Å²) in [5.41, 5.74) is 2.24. The molecule has 0 spiro atoms. The maximum Gasteiger partial charge on any atom is 0.344 e. The largest absolute Gasteiger partial charge is 0.479 e. The summed E-state index contributed by atoms with van der Waals surface area (Å²) >= 11 is 6.11. The van der Waals surface area contributed by atoms with Gasteiger partial charge in [0, 0.05) is 21.2 Å². The third-order valence-corrected chi connectivity index (χ3v) is 6.02. The summed E-state index contributed by atoms with van der Waals surface area (Å²) in [7, 11) is -1.05. The highest BCUT2D eigenvalue weighted by Gasteiger charge is 2.19. The summed E-state index contributed by atoms with van der Waals surface area (Å²) in [6.07, 6.45) is 0.984. The Morgan fingerprint density at radius 1 is 1.14 bits per heavy atom. The van der Waals surface area contributed by atoms with Crippen molar-refractivity contribution in [1.82, 2.24) is 0 Å². The van der Waals surface area contributed by atoms with E-state index < -0.39 is 22.9 Å². The van der Waals surface area contributed by atoms with Crippen LogP contribution in [0.4, 0.5) is 0 Å². The minimum atomic E-state index is -1.05. The van der Waals surface area contributed by atoms with Gasteiger partial charge in [0.05, 0.1) is 16.4 Å². The van der Waals surface area contributed by atoms with Gasteiger partial charge in [0.25, 0.3) is 0 Å². The fraction of sp³-hybridized carbons (Fsp3) is 0.348. The summed E-state index contributed by atoms with van der Waals surface area (Å²) in [6.45, 7) is 5.84. The van der Waals surface area contributed by atoms with Gasteiger partial charge in [-0.05, 0) is 55.7 Å². The first-order valence-corrected chi connectivity index (χ1v) is 11.3. The van der Waals surface area contributed by atoms with E-state index >= 15 is 0 Å². The highest BCUT2D eigenvalue weighted by atomic mass is 35.5. The maximum atomic E-state index is 12.3. The SMILES string of the molecule is CCCC(Oc1ccc(Cl)cc1C#Cc1cc(S(=O)CCC)ccc1C)C(=O)O. The van der Waals surface area contributed by atoms with Crippen LogP contribution in [0.3, 0.4) is 0 Å². The number of rotatable bonds is 8. The zero-order valence-electron chi connectivity index (χ0n) is 16.8. The molecule has 0 saturated carbocycles. The van der Waals surface area contributed by atoms with Crippen LogP contribution in [0.1, 0.15) is 49.8 Å². The molecule has 29 heavy (non-hydrogen) atoms. The van der Waals surface area contributed by atoms with Crippen molar-refractivity contribution in [3.05, 3.63) is 58.1 Å². The molecule has 4 nitrogen and oxygen atoms in total. The zero-order valence-corrected chi connectivity index (χ0v) is 18.4. The van der Waals surface area contributed by atoms with E-state index in [9.17, 15) is 14.1 Å².